The van der Waals surface area contributed by atoms with Gasteiger partial charge in [-0.2, -0.15) is 5.26 Å². The fraction of sp³-hybridized carbons (Fsp3) is 0.643. The van der Waals surface area contributed by atoms with E-state index in [2.05, 4.69) is 5.32 Å². The van der Waals surface area contributed by atoms with E-state index >= 15 is 0 Å². The zero-order chi connectivity index (χ0) is 14.3. The number of piperidine rings is 1. The summed E-state index contributed by atoms with van der Waals surface area (Å²) in [4.78, 5) is 24.8. The van der Waals surface area contributed by atoms with Gasteiger partial charge in [0.05, 0.1) is 6.07 Å². The van der Waals surface area contributed by atoms with Crippen molar-refractivity contribution < 1.29 is 9.59 Å². The summed E-state index contributed by atoms with van der Waals surface area (Å²) in [6, 6.07) is 1.82. The average molecular weight is 263 g/mol. The predicted molar refractivity (Wildman–Crippen MR) is 72.0 cm³/mol. The molecule has 0 aromatic carbocycles. The second-order valence-electron chi connectivity index (χ2n) is 5.13. The van der Waals surface area contributed by atoms with Crippen molar-refractivity contribution in [3.63, 3.8) is 0 Å². The first-order valence-electron chi connectivity index (χ1n) is 6.60. The Morgan fingerprint density at radius 1 is 1.37 bits per heavy atom. The Morgan fingerprint density at radius 2 is 2.00 bits per heavy atom. The SMILES string of the molecule is CC(C)=CC(=O)N1CCC(CNC(=O)CC#N)CC1. The van der Waals surface area contributed by atoms with Gasteiger partial charge in [-0.05, 0) is 32.6 Å². The largest absolute Gasteiger partial charge is 0.355 e. The molecule has 2 amide bonds. The molecule has 0 aliphatic carbocycles. The Kier molecular flexibility index (Phi) is 6.07. The number of hydrogen-bond acceptors (Lipinski definition) is 3. The second-order valence-corrected chi connectivity index (χ2v) is 5.13. The Bertz CT molecular complexity index is 397. The van der Waals surface area contributed by atoms with Crippen LogP contribution in [0.4, 0.5) is 0 Å². The summed E-state index contributed by atoms with van der Waals surface area (Å²) in [5.74, 6) is 0.260. The zero-order valence-electron chi connectivity index (χ0n) is 11.6. The lowest BCUT2D eigenvalue weighted by Crippen LogP contribution is -2.41. The maximum absolute atomic E-state index is 11.8. The molecular formula is C14H21N3O2. The fourth-order valence-corrected chi connectivity index (χ4v) is 2.09. The van der Waals surface area contributed by atoms with Crippen molar-refractivity contribution in [2.24, 2.45) is 5.92 Å². The summed E-state index contributed by atoms with van der Waals surface area (Å²) in [6.07, 6.45) is 3.37. The number of nitrogens with zero attached hydrogens (tertiary/aromatic N) is 2. The third-order valence-electron chi connectivity index (χ3n) is 3.17. The van der Waals surface area contributed by atoms with Gasteiger partial charge in [0.1, 0.15) is 6.42 Å². The van der Waals surface area contributed by atoms with Gasteiger partial charge >= 0.3 is 0 Å². The highest BCUT2D eigenvalue weighted by Crippen LogP contribution is 2.16. The number of allylic oxidation sites excluding steroid dienone is 1. The van der Waals surface area contributed by atoms with E-state index in [1.807, 2.05) is 24.8 Å². The molecule has 1 rings (SSSR count). The van der Waals surface area contributed by atoms with Crippen LogP contribution in [0.25, 0.3) is 0 Å². The standard InChI is InChI=1S/C14H21N3O2/c1-11(2)9-14(19)17-7-4-12(5-8-17)10-16-13(18)3-6-15/h9,12H,3-5,7-8,10H2,1-2H3,(H,16,18). The Morgan fingerprint density at radius 3 is 2.53 bits per heavy atom. The fourth-order valence-electron chi connectivity index (χ4n) is 2.09. The highest BCUT2D eigenvalue weighted by atomic mass is 16.2. The van der Waals surface area contributed by atoms with Crippen LogP contribution in [0, 0.1) is 17.2 Å². The zero-order valence-corrected chi connectivity index (χ0v) is 11.6. The molecule has 5 nitrogen and oxygen atoms in total. The van der Waals surface area contributed by atoms with Crippen molar-refractivity contribution >= 4 is 11.8 Å². The molecule has 1 heterocycles. The number of nitrogens with one attached hydrogen (secondary N) is 1. The van der Waals surface area contributed by atoms with E-state index in [-0.39, 0.29) is 18.2 Å². The summed E-state index contributed by atoms with van der Waals surface area (Å²) >= 11 is 0. The van der Waals surface area contributed by atoms with Crippen LogP contribution in [0.3, 0.4) is 0 Å². The number of nitriles is 1. The third kappa shape index (κ3) is 5.56. The molecule has 1 saturated heterocycles. The van der Waals surface area contributed by atoms with Crippen molar-refractivity contribution in [3.05, 3.63) is 11.6 Å². The minimum Gasteiger partial charge on any atom is -0.355 e. The molecule has 0 radical (unpaired) electrons. The lowest BCUT2D eigenvalue weighted by molar-refractivity contribution is -0.127. The van der Waals surface area contributed by atoms with Gasteiger partial charge in [-0.25, -0.2) is 0 Å². The molecule has 1 N–H and O–H groups in total. The number of amides is 2. The molecule has 1 aliphatic rings. The summed E-state index contributed by atoms with van der Waals surface area (Å²) in [5, 5.41) is 11.1. The van der Waals surface area contributed by atoms with E-state index in [1.165, 1.54) is 0 Å². The molecule has 104 valence electrons. The highest BCUT2D eigenvalue weighted by Gasteiger charge is 2.21. The van der Waals surface area contributed by atoms with Gasteiger partial charge < -0.3 is 10.2 Å². The number of carbonyl (C=O) groups is 2. The van der Waals surface area contributed by atoms with Gasteiger partial charge in [0.15, 0.2) is 0 Å². The first-order valence-corrected chi connectivity index (χ1v) is 6.60. The van der Waals surface area contributed by atoms with Crippen LogP contribution in [0.1, 0.15) is 33.1 Å². The minimum absolute atomic E-state index is 0.0759. The number of likely N-dealkylation sites (tertiary alicyclic amines) is 1. The third-order valence-corrected chi connectivity index (χ3v) is 3.17. The molecule has 0 unspecified atom stereocenters. The summed E-state index contributed by atoms with van der Waals surface area (Å²) in [5.41, 5.74) is 1.01. The van der Waals surface area contributed by atoms with E-state index < -0.39 is 0 Å². The molecule has 0 bridgehead atoms. The van der Waals surface area contributed by atoms with Gasteiger partial charge in [-0.3, -0.25) is 9.59 Å². The van der Waals surface area contributed by atoms with E-state index in [9.17, 15) is 9.59 Å². The first-order chi connectivity index (χ1) is 9.02. The molecular weight excluding hydrogens is 242 g/mol. The van der Waals surface area contributed by atoms with Gasteiger partial charge in [-0.15, -0.1) is 0 Å². The summed E-state index contributed by atoms with van der Waals surface area (Å²) in [7, 11) is 0. The van der Waals surface area contributed by atoms with Crippen LogP contribution in [-0.4, -0.2) is 36.3 Å². The first kappa shape index (κ1) is 15.2. The van der Waals surface area contributed by atoms with Crippen molar-refractivity contribution in [2.45, 2.75) is 33.1 Å². The van der Waals surface area contributed by atoms with E-state index in [4.69, 9.17) is 5.26 Å². The molecule has 19 heavy (non-hydrogen) atoms. The quantitative estimate of drug-likeness (QED) is 0.775. The number of hydrogen-bond donors (Lipinski definition) is 1. The molecule has 0 spiro atoms. The molecule has 5 heteroatoms. The Balaban J connectivity index is 2.30. The van der Waals surface area contributed by atoms with Crippen LogP contribution in [0.5, 0.6) is 0 Å². The smallest absolute Gasteiger partial charge is 0.246 e. The van der Waals surface area contributed by atoms with Gasteiger partial charge in [0, 0.05) is 25.7 Å². The van der Waals surface area contributed by atoms with Crippen LogP contribution < -0.4 is 5.32 Å². The molecule has 1 aliphatic heterocycles. The van der Waals surface area contributed by atoms with E-state index in [0.29, 0.717) is 12.5 Å². The van der Waals surface area contributed by atoms with Gasteiger partial charge in [0.2, 0.25) is 11.8 Å². The van der Waals surface area contributed by atoms with Gasteiger partial charge in [0.25, 0.3) is 0 Å². The Hall–Kier alpha value is -1.83. The predicted octanol–water partition coefficient (Wildman–Crippen LogP) is 1.22. The molecule has 0 aromatic heterocycles. The average Bonchev–Trinajstić information content (AvgIpc) is 2.36. The molecule has 0 atom stereocenters. The topological polar surface area (TPSA) is 73.2 Å². The Labute approximate surface area is 114 Å². The van der Waals surface area contributed by atoms with Gasteiger partial charge in [-0.1, -0.05) is 5.57 Å². The van der Waals surface area contributed by atoms with Crippen LogP contribution in [-0.2, 0) is 9.59 Å². The van der Waals surface area contributed by atoms with Crippen molar-refractivity contribution in [2.75, 3.05) is 19.6 Å². The highest BCUT2D eigenvalue weighted by molar-refractivity contribution is 5.88. The minimum atomic E-state index is -0.217. The van der Waals surface area contributed by atoms with Crippen molar-refractivity contribution in [1.82, 2.24) is 10.2 Å². The molecule has 0 aromatic rings. The summed E-state index contributed by atoms with van der Waals surface area (Å²) < 4.78 is 0. The van der Waals surface area contributed by atoms with E-state index in [1.54, 1.807) is 6.08 Å². The number of carbonyl (C=O) groups excluding carboxylic acids is 2. The second kappa shape index (κ2) is 7.57. The van der Waals surface area contributed by atoms with Crippen LogP contribution in [0.15, 0.2) is 11.6 Å². The maximum atomic E-state index is 11.8. The maximum Gasteiger partial charge on any atom is 0.246 e. The van der Waals surface area contributed by atoms with Crippen LogP contribution in [0.2, 0.25) is 0 Å². The molecule has 0 saturated carbocycles. The monoisotopic (exact) mass is 263 g/mol. The normalized spacial score (nSPS) is 15.5. The lowest BCUT2D eigenvalue weighted by atomic mass is 9.96. The molecule has 1 fully saturated rings. The lowest BCUT2D eigenvalue weighted by Gasteiger charge is -2.31. The summed E-state index contributed by atoms with van der Waals surface area (Å²) in [6.45, 7) is 5.90. The van der Waals surface area contributed by atoms with Crippen LogP contribution >= 0.6 is 0 Å². The van der Waals surface area contributed by atoms with Crippen molar-refractivity contribution in [3.8, 4) is 6.07 Å². The number of rotatable bonds is 4. The van der Waals surface area contributed by atoms with Crippen molar-refractivity contribution in [1.29, 1.82) is 5.26 Å². The van der Waals surface area contributed by atoms with E-state index in [0.717, 1.165) is 31.5 Å².